The first-order chi connectivity index (χ1) is 8.63. The average Bonchev–Trinajstić information content (AvgIpc) is 2.74. The summed E-state index contributed by atoms with van der Waals surface area (Å²) in [5.41, 5.74) is 1.30. The Morgan fingerprint density at radius 3 is 2.61 bits per heavy atom. The lowest BCUT2D eigenvalue weighted by atomic mass is 10.0. The third kappa shape index (κ3) is 2.41. The molecule has 1 heterocycles. The van der Waals surface area contributed by atoms with Crippen molar-refractivity contribution >= 4 is 17.6 Å². The number of halogens is 1. The van der Waals surface area contributed by atoms with E-state index in [9.17, 15) is 9.90 Å². The molecule has 0 aliphatic heterocycles. The Balaban J connectivity index is 2.48. The molecule has 0 amide bonds. The van der Waals surface area contributed by atoms with Gasteiger partial charge in [0, 0.05) is 6.20 Å². The number of rotatable bonds is 4. The van der Waals surface area contributed by atoms with Crippen LogP contribution in [0.15, 0.2) is 42.6 Å². The highest BCUT2D eigenvalue weighted by atomic mass is 35.5. The van der Waals surface area contributed by atoms with Crippen molar-refractivity contribution in [3.8, 4) is 0 Å². The molecule has 0 spiro atoms. The van der Waals surface area contributed by atoms with Gasteiger partial charge in [-0.25, -0.2) is 4.79 Å². The Morgan fingerprint density at radius 2 is 2.06 bits per heavy atom. The molecule has 1 aromatic carbocycles. The zero-order valence-electron chi connectivity index (χ0n) is 10.0. The van der Waals surface area contributed by atoms with Gasteiger partial charge in [0.2, 0.25) is 0 Å². The van der Waals surface area contributed by atoms with E-state index in [1.54, 1.807) is 10.8 Å². The van der Waals surface area contributed by atoms with Gasteiger partial charge in [0.25, 0.3) is 0 Å². The fourth-order valence-corrected chi connectivity index (χ4v) is 2.35. The minimum Gasteiger partial charge on any atom is -0.477 e. The van der Waals surface area contributed by atoms with Gasteiger partial charge in [-0.1, -0.05) is 48.9 Å². The molecule has 94 valence electrons. The molecule has 0 fully saturated rings. The molecule has 0 aliphatic carbocycles. The molecule has 1 unspecified atom stereocenters. The smallest absolute Gasteiger partial charge is 0.352 e. The van der Waals surface area contributed by atoms with Crippen molar-refractivity contribution in [2.24, 2.45) is 0 Å². The van der Waals surface area contributed by atoms with Crippen molar-refractivity contribution in [2.45, 2.75) is 19.4 Å². The summed E-state index contributed by atoms with van der Waals surface area (Å²) >= 11 is 5.91. The van der Waals surface area contributed by atoms with Crippen LogP contribution in [0, 0.1) is 0 Å². The maximum absolute atomic E-state index is 11.2. The molecule has 1 atom stereocenters. The van der Waals surface area contributed by atoms with E-state index in [0.29, 0.717) is 5.02 Å². The van der Waals surface area contributed by atoms with Crippen LogP contribution in [0.2, 0.25) is 5.02 Å². The Hall–Kier alpha value is -1.74. The van der Waals surface area contributed by atoms with Crippen molar-refractivity contribution in [3.63, 3.8) is 0 Å². The van der Waals surface area contributed by atoms with Crippen LogP contribution in [-0.4, -0.2) is 15.6 Å². The SMILES string of the molecule is CCC(c1ccccc1)n1cc(Cl)cc1C(=O)O. The Kier molecular flexibility index (Phi) is 3.72. The number of hydrogen-bond donors (Lipinski definition) is 1. The average molecular weight is 264 g/mol. The zero-order chi connectivity index (χ0) is 13.1. The second kappa shape index (κ2) is 5.27. The van der Waals surface area contributed by atoms with Crippen LogP contribution in [0.5, 0.6) is 0 Å². The summed E-state index contributed by atoms with van der Waals surface area (Å²) in [6.45, 7) is 2.03. The molecule has 0 saturated heterocycles. The molecule has 3 nitrogen and oxygen atoms in total. The summed E-state index contributed by atoms with van der Waals surface area (Å²) in [6, 6.07) is 11.3. The number of aromatic nitrogens is 1. The van der Waals surface area contributed by atoms with Crippen molar-refractivity contribution in [2.75, 3.05) is 0 Å². The monoisotopic (exact) mass is 263 g/mol. The van der Waals surface area contributed by atoms with Crippen LogP contribution in [0.25, 0.3) is 0 Å². The van der Waals surface area contributed by atoms with Gasteiger partial charge in [0.05, 0.1) is 11.1 Å². The van der Waals surface area contributed by atoms with Crippen molar-refractivity contribution in [3.05, 3.63) is 58.9 Å². The summed E-state index contributed by atoms with van der Waals surface area (Å²) in [4.78, 5) is 11.2. The summed E-state index contributed by atoms with van der Waals surface area (Å²) in [5.74, 6) is -0.962. The van der Waals surface area contributed by atoms with E-state index in [1.807, 2.05) is 37.3 Å². The summed E-state index contributed by atoms with van der Waals surface area (Å²) in [6.07, 6.45) is 2.47. The van der Waals surface area contributed by atoms with Crippen LogP contribution >= 0.6 is 11.6 Å². The Labute approximate surface area is 111 Å². The second-order valence-corrected chi connectivity index (χ2v) is 4.53. The van der Waals surface area contributed by atoms with Gasteiger partial charge in [-0.15, -0.1) is 0 Å². The minimum atomic E-state index is -0.962. The standard InChI is InChI=1S/C14H14ClNO2/c1-2-12(10-6-4-3-5-7-10)16-9-11(15)8-13(16)14(17)18/h3-9,12H,2H2,1H3,(H,17,18). The van der Waals surface area contributed by atoms with E-state index in [1.165, 1.54) is 6.07 Å². The molecule has 2 rings (SSSR count). The maximum atomic E-state index is 11.2. The predicted octanol–water partition coefficient (Wildman–Crippen LogP) is 3.84. The van der Waals surface area contributed by atoms with E-state index in [4.69, 9.17) is 11.6 Å². The first-order valence-electron chi connectivity index (χ1n) is 5.79. The van der Waals surface area contributed by atoms with Gasteiger partial charge in [-0.2, -0.15) is 0 Å². The van der Waals surface area contributed by atoms with E-state index in [2.05, 4.69) is 0 Å². The quantitative estimate of drug-likeness (QED) is 0.911. The van der Waals surface area contributed by atoms with Crippen molar-refractivity contribution < 1.29 is 9.90 Å². The Bertz CT molecular complexity index is 548. The second-order valence-electron chi connectivity index (χ2n) is 4.09. The molecule has 0 radical (unpaired) electrons. The lowest BCUT2D eigenvalue weighted by Crippen LogP contribution is -2.14. The number of benzene rings is 1. The molecule has 2 aromatic rings. The lowest BCUT2D eigenvalue weighted by Gasteiger charge is -2.19. The van der Waals surface area contributed by atoms with E-state index >= 15 is 0 Å². The maximum Gasteiger partial charge on any atom is 0.352 e. The minimum absolute atomic E-state index is 0.00944. The molecule has 0 aliphatic rings. The van der Waals surface area contributed by atoms with Gasteiger partial charge in [0.15, 0.2) is 0 Å². The topological polar surface area (TPSA) is 42.2 Å². The normalized spacial score (nSPS) is 12.3. The molecule has 0 saturated carbocycles. The highest BCUT2D eigenvalue weighted by molar-refractivity contribution is 6.30. The zero-order valence-corrected chi connectivity index (χ0v) is 10.8. The molecule has 0 bridgehead atoms. The number of carbonyl (C=O) groups is 1. The number of aromatic carboxylic acids is 1. The summed E-state index contributed by atoms with van der Waals surface area (Å²) in [7, 11) is 0. The number of carboxylic acids is 1. The highest BCUT2D eigenvalue weighted by Crippen LogP contribution is 2.26. The van der Waals surface area contributed by atoms with Crippen LogP contribution in [-0.2, 0) is 0 Å². The van der Waals surface area contributed by atoms with Crippen LogP contribution < -0.4 is 0 Å². The fraction of sp³-hybridized carbons (Fsp3) is 0.214. The third-order valence-electron chi connectivity index (χ3n) is 2.94. The lowest BCUT2D eigenvalue weighted by molar-refractivity contribution is 0.0683. The van der Waals surface area contributed by atoms with Crippen molar-refractivity contribution in [1.29, 1.82) is 0 Å². The van der Waals surface area contributed by atoms with Gasteiger partial charge in [-0.3, -0.25) is 0 Å². The molecular formula is C14H14ClNO2. The number of hydrogen-bond acceptors (Lipinski definition) is 1. The molecule has 18 heavy (non-hydrogen) atoms. The number of nitrogens with zero attached hydrogens (tertiary/aromatic N) is 1. The number of carboxylic acid groups (broad SMARTS) is 1. The summed E-state index contributed by atoms with van der Waals surface area (Å²) < 4.78 is 1.72. The molecule has 1 N–H and O–H groups in total. The van der Waals surface area contributed by atoms with Gasteiger partial charge < -0.3 is 9.67 Å². The molecule has 1 aromatic heterocycles. The van der Waals surface area contributed by atoms with Gasteiger partial charge >= 0.3 is 5.97 Å². The van der Waals surface area contributed by atoms with Gasteiger partial charge in [-0.05, 0) is 18.1 Å². The van der Waals surface area contributed by atoms with E-state index in [-0.39, 0.29) is 11.7 Å². The van der Waals surface area contributed by atoms with E-state index < -0.39 is 5.97 Å². The highest BCUT2D eigenvalue weighted by Gasteiger charge is 2.19. The molecular weight excluding hydrogens is 250 g/mol. The Morgan fingerprint density at radius 1 is 1.39 bits per heavy atom. The van der Waals surface area contributed by atoms with Gasteiger partial charge in [0.1, 0.15) is 5.69 Å². The first kappa shape index (κ1) is 12.7. The third-order valence-corrected chi connectivity index (χ3v) is 3.15. The van der Waals surface area contributed by atoms with E-state index in [0.717, 1.165) is 12.0 Å². The largest absolute Gasteiger partial charge is 0.477 e. The predicted molar refractivity (Wildman–Crippen MR) is 71.3 cm³/mol. The van der Waals surface area contributed by atoms with Crippen LogP contribution in [0.3, 0.4) is 0 Å². The fourth-order valence-electron chi connectivity index (χ4n) is 2.14. The van der Waals surface area contributed by atoms with Crippen LogP contribution in [0.4, 0.5) is 0 Å². The van der Waals surface area contributed by atoms with Crippen molar-refractivity contribution in [1.82, 2.24) is 4.57 Å². The summed E-state index contributed by atoms with van der Waals surface area (Å²) in [5, 5.41) is 9.64. The first-order valence-corrected chi connectivity index (χ1v) is 6.17. The van der Waals surface area contributed by atoms with Crippen LogP contribution in [0.1, 0.15) is 35.4 Å². The molecule has 4 heteroatoms.